The number of carbonyl (C=O) groups is 5. The van der Waals surface area contributed by atoms with Crippen LogP contribution in [-0.2, 0) is 25.7 Å². The zero-order valence-electron chi connectivity index (χ0n) is 42.9. The number of aromatic nitrogens is 5. The van der Waals surface area contributed by atoms with E-state index in [4.69, 9.17) is 4.98 Å². The Morgan fingerprint density at radius 2 is 1.63 bits per heavy atom. The van der Waals surface area contributed by atoms with Crippen molar-refractivity contribution in [1.29, 1.82) is 0 Å². The van der Waals surface area contributed by atoms with Gasteiger partial charge in [-0.3, -0.25) is 33.3 Å². The first-order chi connectivity index (χ1) is 34.9. The Bertz CT molecular complexity index is 2890. The molecule has 4 amide bonds. The zero-order chi connectivity index (χ0) is 52.1. The van der Waals surface area contributed by atoms with E-state index < -0.39 is 29.5 Å². The van der Waals surface area contributed by atoms with Crippen LogP contribution in [0.2, 0.25) is 0 Å². The molecule has 3 atom stereocenters. The van der Waals surface area contributed by atoms with Crippen molar-refractivity contribution >= 4 is 69.2 Å². The predicted molar refractivity (Wildman–Crippen MR) is 281 cm³/mol. The number of rotatable bonds is 17. The third kappa shape index (κ3) is 12.2. The number of pyridine rings is 2. The summed E-state index contributed by atoms with van der Waals surface area (Å²) in [6, 6.07) is 9.82. The molecule has 4 aromatic heterocycles. The number of piperazine rings is 1. The summed E-state index contributed by atoms with van der Waals surface area (Å²) >= 11 is 1.57. The number of nitrogens with zero attached hydrogens (tertiary/aromatic N) is 9. The van der Waals surface area contributed by atoms with Gasteiger partial charge in [-0.25, -0.2) is 15.0 Å². The number of aryl methyl sites for hydroxylation is 2. The van der Waals surface area contributed by atoms with Gasteiger partial charge in [0.05, 0.1) is 39.6 Å². The van der Waals surface area contributed by atoms with E-state index in [1.165, 1.54) is 11.8 Å². The van der Waals surface area contributed by atoms with Gasteiger partial charge in [0.1, 0.15) is 23.5 Å². The Hall–Kier alpha value is -6.64. The van der Waals surface area contributed by atoms with E-state index in [1.54, 1.807) is 35.2 Å². The average Bonchev–Trinajstić information content (AvgIpc) is 4.15. The SMILES string of the molecule is CC(=O)c1c(C)c2cnc(Nc3ccc(N4CCN(C(=O)CCN(C)CCC(=O)NC(C(=O)N5C[C@H](O)C[C@H]5C(=O)NCc5ccc(-c6scnc6C)cc5)C(C)(C)C)CC4)cn3)nc2n(C2CCCC2)c1=O. The molecule has 4 N–H and O–H groups in total. The van der Waals surface area contributed by atoms with Crippen LogP contribution in [0.25, 0.3) is 21.5 Å². The van der Waals surface area contributed by atoms with Gasteiger partial charge < -0.3 is 40.7 Å². The van der Waals surface area contributed by atoms with Crippen molar-refractivity contribution in [2.75, 3.05) is 63.1 Å². The molecule has 5 aromatic rings. The summed E-state index contributed by atoms with van der Waals surface area (Å²) in [5.74, 6) is -0.529. The number of ketones is 1. The van der Waals surface area contributed by atoms with Gasteiger partial charge in [-0.05, 0) is 74.9 Å². The van der Waals surface area contributed by atoms with Crippen molar-refractivity contribution < 1.29 is 29.1 Å². The molecule has 19 nitrogen and oxygen atoms in total. The maximum Gasteiger partial charge on any atom is 0.263 e. The normalized spacial score (nSPS) is 17.8. The topological polar surface area (TPSA) is 228 Å². The standard InChI is InChI=1S/C53H68N12O7S/c1-32-40-29-56-52(60-48(40)65(37-10-8-9-11-37)50(71)45(32)34(3)66)58-42-17-16-38(28-54-42)62-22-24-63(25-23-62)44(69)19-21-61(7)20-18-43(68)59-47(53(4,5)6)51(72)64-30-39(67)26-41(64)49(70)55-27-35-12-14-36(15-13-35)46-33(2)57-31-73-46/h12-17,28-29,31,37,39,41,47,67H,8-11,18-27,30H2,1-7H3,(H,55,70)(H,59,68)(H,54,56,58,60)/t39-,41+,47?/m1/s1. The van der Waals surface area contributed by atoms with Crippen LogP contribution in [-0.4, -0.2) is 145 Å². The summed E-state index contributed by atoms with van der Waals surface area (Å²) in [4.78, 5) is 107. The number of fused-ring (bicyclic) bond motifs is 1. The van der Waals surface area contributed by atoms with Gasteiger partial charge in [-0.15, -0.1) is 11.3 Å². The minimum atomic E-state index is -0.942. The minimum Gasteiger partial charge on any atom is -0.391 e. The summed E-state index contributed by atoms with van der Waals surface area (Å²) in [6.07, 6.45) is 6.77. The van der Waals surface area contributed by atoms with Gasteiger partial charge in [0.15, 0.2) is 5.78 Å². The van der Waals surface area contributed by atoms with Crippen LogP contribution in [0.15, 0.2) is 59.1 Å². The van der Waals surface area contributed by atoms with Crippen LogP contribution in [0.3, 0.4) is 0 Å². The molecule has 0 spiro atoms. The molecule has 6 heterocycles. The van der Waals surface area contributed by atoms with Gasteiger partial charge in [-0.1, -0.05) is 57.9 Å². The Morgan fingerprint density at radius 3 is 2.27 bits per heavy atom. The summed E-state index contributed by atoms with van der Waals surface area (Å²) < 4.78 is 1.69. The molecule has 2 aliphatic heterocycles. The number of hydrogen-bond donors (Lipinski definition) is 4. The number of benzene rings is 1. The molecule has 3 aliphatic rings. The number of anilines is 3. The highest BCUT2D eigenvalue weighted by Gasteiger charge is 2.44. The van der Waals surface area contributed by atoms with E-state index in [9.17, 15) is 33.9 Å². The Labute approximate surface area is 429 Å². The Balaban J connectivity index is 0.774. The number of amides is 4. The highest BCUT2D eigenvalue weighted by Crippen LogP contribution is 2.33. The van der Waals surface area contributed by atoms with Crippen LogP contribution >= 0.6 is 11.3 Å². The van der Waals surface area contributed by atoms with Gasteiger partial charge in [0.25, 0.3) is 5.56 Å². The number of nitrogens with one attached hydrogen (secondary N) is 3. The lowest BCUT2D eigenvalue weighted by atomic mass is 9.85. The summed E-state index contributed by atoms with van der Waals surface area (Å²) in [6.45, 7) is 14.1. The number of thiazole rings is 1. The van der Waals surface area contributed by atoms with E-state index >= 15 is 0 Å². The van der Waals surface area contributed by atoms with Crippen molar-refractivity contribution in [2.24, 2.45) is 5.41 Å². The molecule has 388 valence electrons. The zero-order valence-corrected chi connectivity index (χ0v) is 43.8. The van der Waals surface area contributed by atoms with Crippen molar-refractivity contribution in [2.45, 2.75) is 117 Å². The van der Waals surface area contributed by atoms with Gasteiger partial charge in [0, 0.05) is 89.2 Å². The van der Waals surface area contributed by atoms with E-state index in [0.29, 0.717) is 67.6 Å². The van der Waals surface area contributed by atoms with E-state index in [-0.39, 0.29) is 73.0 Å². The van der Waals surface area contributed by atoms with Crippen LogP contribution in [0, 0.1) is 19.3 Å². The highest BCUT2D eigenvalue weighted by molar-refractivity contribution is 7.13. The van der Waals surface area contributed by atoms with Crippen molar-refractivity contribution in [1.82, 2.24) is 49.8 Å². The number of hydrogen-bond acceptors (Lipinski definition) is 15. The van der Waals surface area contributed by atoms with E-state index in [2.05, 4.69) is 35.8 Å². The number of likely N-dealkylation sites (tertiary alicyclic amines) is 1. The van der Waals surface area contributed by atoms with Crippen molar-refractivity contribution in [3.8, 4) is 10.4 Å². The van der Waals surface area contributed by atoms with Crippen LogP contribution < -0.4 is 26.4 Å². The molecule has 3 fully saturated rings. The molecule has 8 rings (SSSR count). The maximum absolute atomic E-state index is 14.1. The Morgan fingerprint density at radius 1 is 0.918 bits per heavy atom. The number of β-amino-alcohol motifs (C(OH)–C–C–N with tert-alkyl or cyclic N) is 1. The number of aliphatic hydroxyl groups is 1. The van der Waals surface area contributed by atoms with Crippen molar-refractivity contribution in [3.63, 3.8) is 0 Å². The third-order valence-electron chi connectivity index (χ3n) is 14.4. The van der Waals surface area contributed by atoms with Gasteiger partial charge in [-0.2, -0.15) is 4.98 Å². The van der Waals surface area contributed by atoms with Crippen LogP contribution in [0.1, 0.15) is 106 Å². The molecule has 0 radical (unpaired) electrons. The summed E-state index contributed by atoms with van der Waals surface area (Å²) in [5, 5.41) is 20.4. The maximum atomic E-state index is 14.1. The lowest BCUT2D eigenvalue weighted by Crippen LogP contribution is -2.57. The lowest BCUT2D eigenvalue weighted by Gasteiger charge is -2.36. The van der Waals surface area contributed by atoms with Crippen LogP contribution in [0.4, 0.5) is 17.5 Å². The third-order valence-corrected chi connectivity index (χ3v) is 15.4. The smallest absolute Gasteiger partial charge is 0.263 e. The monoisotopic (exact) mass is 1020 g/mol. The largest absolute Gasteiger partial charge is 0.391 e. The molecule has 2 saturated heterocycles. The second kappa shape index (κ2) is 22.6. The van der Waals surface area contributed by atoms with Crippen molar-refractivity contribution in [3.05, 3.63) is 87.0 Å². The first-order valence-electron chi connectivity index (χ1n) is 25.3. The summed E-state index contributed by atoms with van der Waals surface area (Å²) in [5.41, 5.74) is 5.91. The number of aliphatic hydroxyl groups excluding tert-OH is 1. The molecule has 1 aromatic carbocycles. The molecular weight excluding hydrogens is 949 g/mol. The Kier molecular flexibility index (Phi) is 16.3. The van der Waals surface area contributed by atoms with Gasteiger partial charge >= 0.3 is 0 Å². The molecule has 1 saturated carbocycles. The molecule has 1 unspecified atom stereocenters. The second-order valence-electron chi connectivity index (χ2n) is 20.7. The highest BCUT2D eigenvalue weighted by atomic mass is 32.1. The number of Topliss-reactive ketones (excluding diaryl/α,β-unsaturated/α-hetero) is 1. The molecular formula is C53H68N12O7S. The first-order valence-corrected chi connectivity index (χ1v) is 26.2. The summed E-state index contributed by atoms with van der Waals surface area (Å²) in [7, 11) is 1.86. The fourth-order valence-electron chi connectivity index (χ4n) is 10.1. The molecule has 73 heavy (non-hydrogen) atoms. The molecule has 0 bridgehead atoms. The lowest BCUT2D eigenvalue weighted by molar-refractivity contribution is -0.144. The molecule has 20 heteroatoms. The fourth-order valence-corrected chi connectivity index (χ4v) is 11.0. The quantitative estimate of drug-likeness (QED) is 0.0884. The van der Waals surface area contributed by atoms with Gasteiger partial charge in [0.2, 0.25) is 29.6 Å². The number of carbonyl (C=O) groups excluding carboxylic acids is 5. The first kappa shape index (κ1) is 52.7. The van der Waals surface area contributed by atoms with E-state index in [1.807, 2.05) is 86.5 Å². The predicted octanol–water partition coefficient (Wildman–Crippen LogP) is 5.16. The fraction of sp³-hybridized carbons (Fsp3) is 0.509. The minimum absolute atomic E-state index is 0.0143. The van der Waals surface area contributed by atoms with E-state index in [0.717, 1.165) is 53.1 Å². The van der Waals surface area contributed by atoms with Crippen LogP contribution in [0.5, 0.6) is 0 Å². The average molecular weight is 1020 g/mol. The molecule has 1 aliphatic carbocycles. The second-order valence-corrected chi connectivity index (χ2v) is 21.6.